The molecule has 0 bridgehead atoms. The van der Waals surface area contributed by atoms with Crippen LogP contribution in [0.25, 0.3) is 0 Å². The highest BCUT2D eigenvalue weighted by atomic mass is 19.4. The molecule has 4 N–H and O–H groups in total. The summed E-state index contributed by atoms with van der Waals surface area (Å²) in [5, 5.41) is 11.7. The molecule has 5 nitrogen and oxygen atoms in total. The summed E-state index contributed by atoms with van der Waals surface area (Å²) in [6.07, 6.45) is -4.63. The summed E-state index contributed by atoms with van der Waals surface area (Å²) >= 11 is 0. The Balaban J connectivity index is 3.28. The molecule has 0 spiro atoms. The first-order valence-electron chi connectivity index (χ1n) is 5.34. The number of aliphatic hydroxyl groups is 1. The molecule has 0 saturated heterocycles. The molecule has 0 atom stereocenters. The highest BCUT2D eigenvalue weighted by Gasteiger charge is 2.34. The lowest BCUT2D eigenvalue weighted by Crippen LogP contribution is -2.36. The summed E-state index contributed by atoms with van der Waals surface area (Å²) in [5.74, 6) is -1.21. The number of rotatable bonds is 4. The fraction of sp³-hybridized carbons (Fsp3) is 0.455. The third-order valence-electron chi connectivity index (χ3n) is 2.30. The zero-order valence-electron chi connectivity index (χ0n) is 10.4. The van der Waals surface area contributed by atoms with Crippen molar-refractivity contribution in [3.05, 3.63) is 23.4 Å². The Morgan fingerprint density at radius 3 is 2.42 bits per heavy atom. The van der Waals surface area contributed by atoms with Crippen LogP contribution < -0.4 is 11.1 Å². The van der Waals surface area contributed by atoms with E-state index in [-0.39, 0.29) is 18.0 Å². The van der Waals surface area contributed by atoms with Crippen molar-refractivity contribution in [2.24, 2.45) is 5.73 Å². The Morgan fingerprint density at radius 1 is 1.42 bits per heavy atom. The molecular formula is C11H14F3N3O2. The van der Waals surface area contributed by atoms with Crippen molar-refractivity contribution in [1.29, 1.82) is 0 Å². The lowest BCUT2D eigenvalue weighted by Gasteiger charge is -2.25. The molecule has 19 heavy (non-hydrogen) atoms. The van der Waals surface area contributed by atoms with Gasteiger partial charge in [0.05, 0.1) is 17.7 Å². The first-order valence-corrected chi connectivity index (χ1v) is 5.34. The lowest BCUT2D eigenvalue weighted by molar-refractivity contribution is -0.141. The maximum Gasteiger partial charge on any atom is 0.433 e. The van der Waals surface area contributed by atoms with Gasteiger partial charge in [-0.1, -0.05) is 0 Å². The molecule has 0 aliphatic heterocycles. The topological polar surface area (TPSA) is 88.2 Å². The summed E-state index contributed by atoms with van der Waals surface area (Å²) in [6, 6.07) is 1.63. The van der Waals surface area contributed by atoms with Crippen LogP contribution in [0.5, 0.6) is 0 Å². The van der Waals surface area contributed by atoms with Crippen molar-refractivity contribution >= 4 is 11.7 Å². The summed E-state index contributed by atoms with van der Waals surface area (Å²) in [5.41, 5.74) is 2.81. The minimum absolute atomic E-state index is 0.172. The van der Waals surface area contributed by atoms with E-state index in [9.17, 15) is 18.0 Å². The number of aromatic nitrogens is 1. The number of nitrogens with zero attached hydrogens (tertiary/aromatic N) is 1. The molecule has 1 aromatic rings. The van der Waals surface area contributed by atoms with Crippen molar-refractivity contribution in [2.75, 3.05) is 11.9 Å². The molecule has 1 amide bonds. The molecule has 0 saturated carbocycles. The second-order valence-corrected chi connectivity index (χ2v) is 4.62. The Hall–Kier alpha value is -1.83. The van der Waals surface area contributed by atoms with E-state index in [2.05, 4.69) is 10.3 Å². The molecule has 0 aromatic carbocycles. The normalized spacial score (nSPS) is 12.3. The smallest absolute Gasteiger partial charge is 0.394 e. The lowest BCUT2D eigenvalue weighted by atomic mass is 10.1. The average molecular weight is 277 g/mol. The van der Waals surface area contributed by atoms with Gasteiger partial charge >= 0.3 is 6.18 Å². The van der Waals surface area contributed by atoms with Crippen molar-refractivity contribution < 1.29 is 23.1 Å². The predicted molar refractivity (Wildman–Crippen MR) is 62.5 cm³/mol. The summed E-state index contributed by atoms with van der Waals surface area (Å²) < 4.78 is 37.7. The second kappa shape index (κ2) is 5.04. The molecule has 0 aliphatic rings. The van der Waals surface area contributed by atoms with Gasteiger partial charge in [0.15, 0.2) is 0 Å². The fourth-order valence-corrected chi connectivity index (χ4v) is 1.27. The van der Waals surface area contributed by atoms with E-state index in [1.165, 1.54) is 0 Å². The number of nitrogens with one attached hydrogen (secondary N) is 1. The van der Waals surface area contributed by atoms with Gasteiger partial charge in [-0.25, -0.2) is 4.98 Å². The third kappa shape index (κ3) is 3.82. The van der Waals surface area contributed by atoms with Gasteiger partial charge in [-0.2, -0.15) is 13.2 Å². The van der Waals surface area contributed by atoms with Gasteiger partial charge in [0.1, 0.15) is 11.5 Å². The highest BCUT2D eigenvalue weighted by molar-refractivity contribution is 5.97. The van der Waals surface area contributed by atoms with Crippen LogP contribution in [0.4, 0.5) is 19.0 Å². The van der Waals surface area contributed by atoms with E-state index in [0.29, 0.717) is 6.07 Å². The maximum absolute atomic E-state index is 12.6. The molecule has 0 aliphatic carbocycles. The number of carbonyl (C=O) groups excluding carboxylic acids is 1. The van der Waals surface area contributed by atoms with Crippen molar-refractivity contribution in [3.8, 4) is 0 Å². The SMILES string of the molecule is CC(C)(CO)Nc1nc(C(F)(F)F)ccc1C(N)=O. The predicted octanol–water partition coefficient (Wildman–Crippen LogP) is 1.38. The summed E-state index contributed by atoms with van der Waals surface area (Å²) in [7, 11) is 0. The third-order valence-corrected chi connectivity index (χ3v) is 2.30. The minimum atomic E-state index is -4.63. The number of hydrogen-bond acceptors (Lipinski definition) is 4. The van der Waals surface area contributed by atoms with Gasteiger partial charge in [-0.3, -0.25) is 4.79 Å². The van der Waals surface area contributed by atoms with Crippen LogP contribution in [0.3, 0.4) is 0 Å². The van der Waals surface area contributed by atoms with Gasteiger partial charge in [-0.05, 0) is 26.0 Å². The standard InChI is InChI=1S/C11H14F3N3O2/c1-10(2,5-18)17-9-6(8(15)19)3-4-7(16-9)11(12,13)14/h3-4,18H,5H2,1-2H3,(H2,15,19)(H,16,17). The van der Waals surface area contributed by atoms with E-state index < -0.39 is 23.3 Å². The molecule has 0 radical (unpaired) electrons. The van der Waals surface area contributed by atoms with E-state index in [1.54, 1.807) is 13.8 Å². The van der Waals surface area contributed by atoms with E-state index in [1.807, 2.05) is 0 Å². The number of amides is 1. The average Bonchev–Trinajstić information content (AvgIpc) is 2.27. The van der Waals surface area contributed by atoms with Crippen LogP contribution in [-0.2, 0) is 6.18 Å². The van der Waals surface area contributed by atoms with Crippen LogP contribution in [0.1, 0.15) is 29.9 Å². The van der Waals surface area contributed by atoms with E-state index in [0.717, 1.165) is 6.07 Å². The molecule has 8 heteroatoms. The Labute approximate surface area is 107 Å². The second-order valence-electron chi connectivity index (χ2n) is 4.62. The van der Waals surface area contributed by atoms with Gasteiger partial charge in [-0.15, -0.1) is 0 Å². The number of aliphatic hydroxyl groups excluding tert-OH is 1. The first-order chi connectivity index (χ1) is 8.57. The monoisotopic (exact) mass is 277 g/mol. The molecule has 1 aromatic heterocycles. The van der Waals surface area contributed by atoms with Gasteiger partial charge in [0, 0.05) is 0 Å². The number of hydrogen-bond donors (Lipinski definition) is 3. The molecule has 106 valence electrons. The molecule has 1 rings (SSSR count). The van der Waals surface area contributed by atoms with Crippen molar-refractivity contribution in [3.63, 3.8) is 0 Å². The zero-order valence-corrected chi connectivity index (χ0v) is 10.4. The largest absolute Gasteiger partial charge is 0.433 e. The minimum Gasteiger partial charge on any atom is -0.394 e. The molecule has 0 unspecified atom stereocenters. The Bertz CT molecular complexity index is 487. The number of primary amides is 1. The summed E-state index contributed by atoms with van der Waals surface area (Å²) in [4.78, 5) is 14.5. The molecule has 1 heterocycles. The van der Waals surface area contributed by atoms with E-state index in [4.69, 9.17) is 10.8 Å². The van der Waals surface area contributed by atoms with E-state index >= 15 is 0 Å². The number of nitrogens with two attached hydrogens (primary N) is 1. The van der Waals surface area contributed by atoms with Gasteiger partial charge in [0.2, 0.25) is 0 Å². The number of alkyl halides is 3. The van der Waals surface area contributed by atoms with Crippen molar-refractivity contribution in [2.45, 2.75) is 25.6 Å². The Morgan fingerprint density at radius 2 is 2.00 bits per heavy atom. The van der Waals surface area contributed by atoms with Crippen molar-refractivity contribution in [1.82, 2.24) is 4.98 Å². The number of halogens is 3. The quantitative estimate of drug-likeness (QED) is 0.775. The van der Waals surface area contributed by atoms with Crippen LogP contribution in [0.2, 0.25) is 0 Å². The Kier molecular flexibility index (Phi) is 4.04. The summed E-state index contributed by atoms with van der Waals surface area (Å²) in [6.45, 7) is 2.72. The first kappa shape index (κ1) is 15.2. The molecular weight excluding hydrogens is 263 g/mol. The number of pyridine rings is 1. The van der Waals surface area contributed by atoms with Gasteiger partial charge < -0.3 is 16.2 Å². The van der Waals surface area contributed by atoms with Crippen LogP contribution in [0, 0.1) is 0 Å². The maximum atomic E-state index is 12.6. The van der Waals surface area contributed by atoms with Crippen LogP contribution >= 0.6 is 0 Å². The number of carbonyl (C=O) groups is 1. The fourth-order valence-electron chi connectivity index (χ4n) is 1.27. The zero-order chi connectivity index (χ0) is 14.8. The van der Waals surface area contributed by atoms with Gasteiger partial charge in [0.25, 0.3) is 5.91 Å². The van der Waals surface area contributed by atoms with Crippen LogP contribution in [-0.4, -0.2) is 28.1 Å². The highest BCUT2D eigenvalue weighted by Crippen LogP contribution is 2.30. The number of anilines is 1. The molecule has 0 fully saturated rings. The van der Waals surface area contributed by atoms with Crippen LogP contribution in [0.15, 0.2) is 12.1 Å².